The summed E-state index contributed by atoms with van der Waals surface area (Å²) in [6, 6.07) is 8.52. The van der Waals surface area contributed by atoms with E-state index >= 15 is 0 Å². The molecule has 0 radical (unpaired) electrons. The standard InChI is InChI=1S/C27H41N3O5/c1-17(2)16-21(23(31)29-30-22(18(3)4)24(32)28-26(30)34)20(25(33)35-27(5,6)7)15-11-14-19-12-9-8-10-13-19/h8-10,12-13,17-18,20-22H,11,14-16H2,1-7H3,(H,29,31)(H,28,32,34)/t20-,21+,22-/m0/s1. The van der Waals surface area contributed by atoms with E-state index in [4.69, 9.17) is 4.74 Å². The first-order chi connectivity index (χ1) is 16.3. The van der Waals surface area contributed by atoms with Crippen LogP contribution in [0.5, 0.6) is 0 Å². The maximum Gasteiger partial charge on any atom is 0.343 e. The molecule has 1 fully saturated rings. The number of amides is 4. The number of urea groups is 1. The van der Waals surface area contributed by atoms with E-state index in [-0.39, 0.29) is 11.8 Å². The molecule has 0 saturated carbocycles. The first-order valence-electron chi connectivity index (χ1n) is 12.5. The van der Waals surface area contributed by atoms with E-state index in [0.717, 1.165) is 17.0 Å². The largest absolute Gasteiger partial charge is 0.460 e. The summed E-state index contributed by atoms with van der Waals surface area (Å²) in [6.45, 7) is 13.0. The topological polar surface area (TPSA) is 105 Å². The summed E-state index contributed by atoms with van der Waals surface area (Å²) in [5.74, 6) is -2.79. The molecule has 1 heterocycles. The SMILES string of the molecule is CC(C)C[C@@H](C(=O)NN1C(=O)NC(=O)[C@@H]1C(C)C)[C@H](CCCc1ccccc1)C(=O)OC(C)(C)C. The van der Waals surface area contributed by atoms with Gasteiger partial charge in [0, 0.05) is 0 Å². The first kappa shape index (κ1) is 28.3. The number of nitrogens with one attached hydrogen (secondary N) is 2. The molecule has 1 aromatic carbocycles. The van der Waals surface area contributed by atoms with Gasteiger partial charge in [-0.1, -0.05) is 58.0 Å². The molecule has 2 N–H and O–H groups in total. The quantitative estimate of drug-likeness (QED) is 0.359. The van der Waals surface area contributed by atoms with E-state index in [1.54, 1.807) is 34.6 Å². The van der Waals surface area contributed by atoms with Crippen molar-refractivity contribution in [3.63, 3.8) is 0 Å². The Morgan fingerprint density at radius 3 is 2.23 bits per heavy atom. The highest BCUT2D eigenvalue weighted by molar-refractivity contribution is 6.05. The van der Waals surface area contributed by atoms with Crippen LogP contribution in [0.2, 0.25) is 0 Å². The number of rotatable bonds is 11. The van der Waals surface area contributed by atoms with Gasteiger partial charge in [0.1, 0.15) is 11.6 Å². The number of hydrazine groups is 1. The van der Waals surface area contributed by atoms with Crippen LogP contribution in [-0.2, 0) is 25.5 Å². The number of aryl methyl sites for hydroxylation is 1. The molecule has 0 spiro atoms. The van der Waals surface area contributed by atoms with Crippen molar-refractivity contribution in [2.24, 2.45) is 23.7 Å². The fraction of sp³-hybridized carbons (Fsp3) is 0.630. The molecule has 1 saturated heterocycles. The zero-order chi connectivity index (χ0) is 26.3. The molecule has 0 aromatic heterocycles. The van der Waals surface area contributed by atoms with Crippen molar-refractivity contribution >= 4 is 23.8 Å². The average molecular weight is 488 g/mol. The minimum atomic E-state index is -0.802. The van der Waals surface area contributed by atoms with Crippen LogP contribution in [0, 0.1) is 23.7 Å². The molecule has 3 atom stereocenters. The molecule has 1 aliphatic heterocycles. The van der Waals surface area contributed by atoms with Crippen LogP contribution >= 0.6 is 0 Å². The smallest absolute Gasteiger partial charge is 0.343 e. The van der Waals surface area contributed by atoms with Gasteiger partial charge >= 0.3 is 12.0 Å². The molecule has 194 valence electrons. The van der Waals surface area contributed by atoms with Crippen molar-refractivity contribution in [1.82, 2.24) is 15.8 Å². The monoisotopic (exact) mass is 487 g/mol. The number of nitrogens with zero attached hydrogens (tertiary/aromatic N) is 1. The van der Waals surface area contributed by atoms with Gasteiger partial charge < -0.3 is 4.74 Å². The van der Waals surface area contributed by atoms with E-state index in [1.807, 2.05) is 44.2 Å². The summed E-state index contributed by atoms with van der Waals surface area (Å²) in [5.41, 5.74) is 3.12. The number of esters is 1. The number of hydrogen-bond acceptors (Lipinski definition) is 5. The van der Waals surface area contributed by atoms with Gasteiger partial charge in [-0.15, -0.1) is 0 Å². The Balaban J connectivity index is 2.28. The Morgan fingerprint density at radius 2 is 1.69 bits per heavy atom. The maximum atomic E-state index is 13.5. The highest BCUT2D eigenvalue weighted by Gasteiger charge is 2.44. The number of carbonyl (C=O) groups excluding carboxylic acids is 4. The summed E-state index contributed by atoms with van der Waals surface area (Å²) in [6.07, 6.45) is 2.38. The normalized spacial score (nSPS) is 18.0. The fourth-order valence-corrected chi connectivity index (χ4v) is 4.40. The molecular formula is C27H41N3O5. The lowest BCUT2D eigenvalue weighted by Gasteiger charge is -2.32. The molecule has 1 aromatic rings. The average Bonchev–Trinajstić information content (AvgIpc) is 3.02. The van der Waals surface area contributed by atoms with Crippen molar-refractivity contribution in [1.29, 1.82) is 0 Å². The number of hydrogen-bond donors (Lipinski definition) is 2. The molecule has 4 amide bonds. The lowest BCUT2D eigenvalue weighted by molar-refractivity contribution is -0.165. The van der Waals surface area contributed by atoms with Crippen molar-refractivity contribution in [3.05, 3.63) is 35.9 Å². The fourth-order valence-electron chi connectivity index (χ4n) is 4.40. The van der Waals surface area contributed by atoms with E-state index in [1.165, 1.54) is 0 Å². The predicted octanol–water partition coefficient (Wildman–Crippen LogP) is 4.24. The lowest BCUT2D eigenvalue weighted by atomic mass is 9.81. The highest BCUT2D eigenvalue weighted by Crippen LogP contribution is 2.29. The van der Waals surface area contributed by atoms with Crippen LogP contribution in [0.4, 0.5) is 4.79 Å². The Morgan fingerprint density at radius 1 is 1.06 bits per heavy atom. The molecule has 8 nitrogen and oxygen atoms in total. The summed E-state index contributed by atoms with van der Waals surface area (Å²) >= 11 is 0. The second-order valence-electron chi connectivity index (χ2n) is 11.1. The second kappa shape index (κ2) is 12.2. The Hall–Kier alpha value is -2.90. The molecule has 0 aliphatic carbocycles. The van der Waals surface area contributed by atoms with Gasteiger partial charge in [-0.05, 0) is 63.9 Å². The molecule has 0 unspecified atom stereocenters. The number of carbonyl (C=O) groups is 4. The highest BCUT2D eigenvalue weighted by atomic mass is 16.6. The van der Waals surface area contributed by atoms with Crippen molar-refractivity contribution < 1.29 is 23.9 Å². The summed E-state index contributed by atoms with van der Waals surface area (Å²) in [4.78, 5) is 51.5. The van der Waals surface area contributed by atoms with Gasteiger partial charge in [-0.25, -0.2) is 9.80 Å². The van der Waals surface area contributed by atoms with Gasteiger partial charge in [0.15, 0.2) is 0 Å². The molecule has 1 aliphatic rings. The number of benzene rings is 1. The van der Waals surface area contributed by atoms with E-state index in [2.05, 4.69) is 10.7 Å². The molecule has 8 heteroatoms. The number of ether oxygens (including phenoxy) is 1. The minimum absolute atomic E-state index is 0.125. The number of imide groups is 1. The first-order valence-corrected chi connectivity index (χ1v) is 12.5. The third kappa shape index (κ3) is 8.37. The maximum absolute atomic E-state index is 13.5. The van der Waals surface area contributed by atoms with Gasteiger partial charge in [-0.2, -0.15) is 0 Å². The molecule has 2 rings (SSSR count). The van der Waals surface area contributed by atoms with E-state index in [9.17, 15) is 19.2 Å². The summed E-state index contributed by atoms with van der Waals surface area (Å²) in [5, 5.41) is 3.33. The molecule has 35 heavy (non-hydrogen) atoms. The van der Waals surface area contributed by atoms with Crippen LogP contribution in [0.1, 0.15) is 73.3 Å². The summed E-state index contributed by atoms with van der Waals surface area (Å²) < 4.78 is 5.72. The third-order valence-electron chi connectivity index (χ3n) is 5.94. The van der Waals surface area contributed by atoms with Crippen LogP contribution in [0.15, 0.2) is 30.3 Å². The lowest BCUT2D eigenvalue weighted by Crippen LogP contribution is -2.53. The van der Waals surface area contributed by atoms with Crippen LogP contribution in [-0.4, -0.2) is 40.5 Å². The second-order valence-corrected chi connectivity index (χ2v) is 11.1. The summed E-state index contributed by atoms with van der Waals surface area (Å²) in [7, 11) is 0. The Labute approximate surface area is 209 Å². The van der Waals surface area contributed by atoms with Crippen molar-refractivity contribution in [2.75, 3.05) is 0 Å². The molecule has 0 bridgehead atoms. The van der Waals surface area contributed by atoms with Gasteiger partial charge in [0.05, 0.1) is 11.8 Å². The predicted molar refractivity (Wildman–Crippen MR) is 134 cm³/mol. The Kier molecular flexibility index (Phi) is 9.86. The minimum Gasteiger partial charge on any atom is -0.460 e. The van der Waals surface area contributed by atoms with Crippen LogP contribution in [0.25, 0.3) is 0 Å². The Bertz CT molecular complexity index is 892. The molecular weight excluding hydrogens is 446 g/mol. The van der Waals surface area contributed by atoms with Crippen molar-refractivity contribution in [2.45, 2.75) is 85.8 Å². The van der Waals surface area contributed by atoms with Gasteiger partial charge in [0.2, 0.25) is 5.91 Å². The third-order valence-corrected chi connectivity index (χ3v) is 5.94. The zero-order valence-corrected chi connectivity index (χ0v) is 22.1. The zero-order valence-electron chi connectivity index (χ0n) is 22.1. The van der Waals surface area contributed by atoms with Gasteiger partial charge in [0.25, 0.3) is 5.91 Å². The van der Waals surface area contributed by atoms with Crippen LogP contribution in [0.3, 0.4) is 0 Å². The van der Waals surface area contributed by atoms with E-state index < -0.39 is 47.3 Å². The van der Waals surface area contributed by atoms with Crippen LogP contribution < -0.4 is 10.7 Å². The van der Waals surface area contributed by atoms with Crippen molar-refractivity contribution in [3.8, 4) is 0 Å². The van der Waals surface area contributed by atoms with E-state index in [0.29, 0.717) is 19.3 Å². The van der Waals surface area contributed by atoms with Gasteiger partial charge in [-0.3, -0.25) is 25.1 Å².